The fourth-order valence-corrected chi connectivity index (χ4v) is 2.54. The zero-order valence-electron chi connectivity index (χ0n) is 11.4. The van der Waals surface area contributed by atoms with Gasteiger partial charge in [-0.3, -0.25) is 14.9 Å². The van der Waals surface area contributed by atoms with Crippen LogP contribution in [0.5, 0.6) is 0 Å². The van der Waals surface area contributed by atoms with Gasteiger partial charge in [-0.1, -0.05) is 13.3 Å². The quantitative estimate of drug-likeness (QED) is 0.683. The Labute approximate surface area is 121 Å². The van der Waals surface area contributed by atoms with E-state index in [4.69, 9.17) is 0 Å². The summed E-state index contributed by atoms with van der Waals surface area (Å²) < 4.78 is 0. The summed E-state index contributed by atoms with van der Waals surface area (Å²) in [6.45, 7) is 1.90. The van der Waals surface area contributed by atoms with E-state index in [-0.39, 0.29) is 0 Å². The van der Waals surface area contributed by atoms with Crippen LogP contribution >= 0.6 is 11.8 Å². The molecule has 0 bridgehead atoms. The van der Waals surface area contributed by atoms with Crippen LogP contribution in [0.15, 0.2) is 29.2 Å². The minimum absolute atomic E-state index is 0.442. The minimum atomic E-state index is -0.780. The maximum atomic E-state index is 12.3. The number of amides is 4. The Morgan fingerprint density at radius 3 is 2.40 bits per heavy atom. The fourth-order valence-electron chi connectivity index (χ4n) is 2.14. The summed E-state index contributed by atoms with van der Waals surface area (Å²) in [6, 6.07) is 6.42. The Balaban J connectivity index is 2.30. The lowest BCUT2D eigenvalue weighted by Crippen LogP contribution is -2.58. The second-order valence-electron chi connectivity index (χ2n) is 4.51. The molecule has 1 N–H and O–H groups in total. The number of urea groups is 1. The van der Waals surface area contributed by atoms with Gasteiger partial charge in [-0.25, -0.2) is 9.69 Å². The minimum Gasteiger partial charge on any atom is -0.277 e. The molecule has 0 radical (unpaired) electrons. The molecular weight excluding hydrogens is 276 g/mol. The highest BCUT2D eigenvalue weighted by Crippen LogP contribution is 2.25. The number of imide groups is 2. The van der Waals surface area contributed by atoms with Gasteiger partial charge in [0.15, 0.2) is 0 Å². The molecule has 6 heteroatoms. The summed E-state index contributed by atoms with van der Waals surface area (Å²) in [5, 5.41) is 2.24. The molecule has 1 aromatic carbocycles. The highest BCUT2D eigenvalue weighted by atomic mass is 32.2. The lowest BCUT2D eigenvalue weighted by Gasteiger charge is -2.30. The first kappa shape index (κ1) is 14.6. The number of nitrogens with one attached hydrogen (secondary N) is 1. The van der Waals surface area contributed by atoms with E-state index in [1.54, 1.807) is 23.9 Å². The summed E-state index contributed by atoms with van der Waals surface area (Å²) in [5.74, 6) is -1.73. The zero-order valence-corrected chi connectivity index (χ0v) is 12.2. The number of barbiturate groups is 1. The first-order valence-corrected chi connectivity index (χ1v) is 7.63. The molecule has 4 amide bonds. The molecule has 0 aromatic heterocycles. The summed E-state index contributed by atoms with van der Waals surface area (Å²) >= 11 is 1.58. The number of carbonyl (C=O) groups excluding carboxylic acids is 3. The highest BCUT2D eigenvalue weighted by Gasteiger charge is 2.40. The molecule has 1 aliphatic heterocycles. The van der Waals surface area contributed by atoms with Crippen molar-refractivity contribution in [2.45, 2.75) is 24.7 Å². The van der Waals surface area contributed by atoms with Crippen molar-refractivity contribution in [3.63, 3.8) is 0 Å². The predicted octanol–water partition coefficient (Wildman–Crippen LogP) is 2.41. The third-order valence-electron chi connectivity index (χ3n) is 3.18. The van der Waals surface area contributed by atoms with Gasteiger partial charge < -0.3 is 0 Å². The van der Waals surface area contributed by atoms with Gasteiger partial charge in [-0.15, -0.1) is 11.8 Å². The molecule has 20 heavy (non-hydrogen) atoms. The standard InChI is InChI=1S/C14H16N2O3S/c1-3-4-11-12(17)15-14(19)16(13(11)18)9-5-7-10(20-2)8-6-9/h5-8,11H,3-4H2,1-2H3,(H,15,17,19). The summed E-state index contributed by atoms with van der Waals surface area (Å²) in [4.78, 5) is 38.0. The lowest BCUT2D eigenvalue weighted by molar-refractivity contribution is -0.134. The average molecular weight is 292 g/mol. The molecule has 1 fully saturated rings. The Morgan fingerprint density at radius 1 is 1.20 bits per heavy atom. The molecule has 0 spiro atoms. The van der Waals surface area contributed by atoms with Gasteiger partial charge in [-0.05, 0) is 36.9 Å². The second-order valence-corrected chi connectivity index (χ2v) is 5.39. The number of hydrogen-bond acceptors (Lipinski definition) is 4. The van der Waals surface area contributed by atoms with Crippen molar-refractivity contribution in [1.82, 2.24) is 5.32 Å². The van der Waals surface area contributed by atoms with E-state index in [1.165, 1.54) is 0 Å². The molecule has 1 aromatic rings. The SMILES string of the molecule is CCCC1C(=O)NC(=O)N(c2ccc(SC)cc2)C1=O. The van der Waals surface area contributed by atoms with Crippen LogP contribution in [0.4, 0.5) is 10.5 Å². The van der Waals surface area contributed by atoms with Crippen molar-refractivity contribution in [3.05, 3.63) is 24.3 Å². The number of rotatable bonds is 4. The normalized spacial score (nSPS) is 19.2. The van der Waals surface area contributed by atoms with E-state index in [9.17, 15) is 14.4 Å². The van der Waals surface area contributed by atoms with E-state index in [1.807, 2.05) is 25.3 Å². The molecule has 106 valence electrons. The van der Waals surface area contributed by atoms with Crippen molar-refractivity contribution in [1.29, 1.82) is 0 Å². The van der Waals surface area contributed by atoms with Crippen LogP contribution in [-0.2, 0) is 9.59 Å². The number of nitrogens with zero attached hydrogens (tertiary/aromatic N) is 1. The van der Waals surface area contributed by atoms with Crippen LogP contribution in [0.25, 0.3) is 0 Å². The summed E-state index contributed by atoms with van der Waals surface area (Å²) in [7, 11) is 0. The molecule has 1 heterocycles. The zero-order chi connectivity index (χ0) is 14.7. The highest BCUT2D eigenvalue weighted by molar-refractivity contribution is 7.98. The van der Waals surface area contributed by atoms with Gasteiger partial charge >= 0.3 is 6.03 Å². The van der Waals surface area contributed by atoms with Gasteiger partial charge in [0.25, 0.3) is 0 Å². The molecule has 0 aliphatic carbocycles. The fraction of sp³-hybridized carbons (Fsp3) is 0.357. The summed E-state index contributed by atoms with van der Waals surface area (Å²) in [6.07, 6.45) is 3.10. The number of carbonyl (C=O) groups is 3. The Kier molecular flexibility index (Phi) is 4.44. The van der Waals surface area contributed by atoms with E-state index < -0.39 is 23.8 Å². The number of hydrogen-bond donors (Lipinski definition) is 1. The molecule has 1 unspecified atom stereocenters. The number of thioether (sulfide) groups is 1. The van der Waals surface area contributed by atoms with Crippen LogP contribution in [0.2, 0.25) is 0 Å². The van der Waals surface area contributed by atoms with Crippen molar-refractivity contribution in [3.8, 4) is 0 Å². The van der Waals surface area contributed by atoms with Gasteiger partial charge in [0, 0.05) is 4.90 Å². The van der Waals surface area contributed by atoms with E-state index >= 15 is 0 Å². The smallest absolute Gasteiger partial charge is 0.277 e. The molecule has 1 atom stereocenters. The lowest BCUT2D eigenvalue weighted by atomic mass is 9.99. The predicted molar refractivity (Wildman–Crippen MR) is 77.6 cm³/mol. The average Bonchev–Trinajstić information content (AvgIpc) is 2.44. The maximum Gasteiger partial charge on any atom is 0.335 e. The van der Waals surface area contributed by atoms with Crippen molar-refractivity contribution in [2.24, 2.45) is 5.92 Å². The third kappa shape index (κ3) is 2.70. The molecule has 1 aliphatic rings. The Morgan fingerprint density at radius 2 is 1.85 bits per heavy atom. The number of benzene rings is 1. The largest absolute Gasteiger partial charge is 0.335 e. The maximum absolute atomic E-state index is 12.3. The molecule has 5 nitrogen and oxygen atoms in total. The number of anilines is 1. The third-order valence-corrected chi connectivity index (χ3v) is 3.92. The van der Waals surface area contributed by atoms with E-state index in [2.05, 4.69) is 5.32 Å². The van der Waals surface area contributed by atoms with Crippen LogP contribution in [-0.4, -0.2) is 24.1 Å². The molecular formula is C14H16N2O3S. The van der Waals surface area contributed by atoms with Crippen LogP contribution < -0.4 is 10.2 Å². The van der Waals surface area contributed by atoms with Crippen molar-refractivity contribution >= 4 is 35.3 Å². The van der Waals surface area contributed by atoms with Gasteiger partial charge in [0.05, 0.1) is 5.69 Å². The molecule has 0 saturated carbocycles. The van der Waals surface area contributed by atoms with Crippen LogP contribution in [0.1, 0.15) is 19.8 Å². The van der Waals surface area contributed by atoms with Crippen molar-refractivity contribution < 1.29 is 14.4 Å². The second kappa shape index (κ2) is 6.09. The topological polar surface area (TPSA) is 66.5 Å². The van der Waals surface area contributed by atoms with Crippen LogP contribution in [0, 0.1) is 5.92 Å². The molecule has 1 saturated heterocycles. The van der Waals surface area contributed by atoms with E-state index in [0.29, 0.717) is 18.5 Å². The first-order valence-electron chi connectivity index (χ1n) is 6.41. The molecule has 2 rings (SSSR count). The van der Waals surface area contributed by atoms with E-state index in [0.717, 1.165) is 9.80 Å². The van der Waals surface area contributed by atoms with Gasteiger partial charge in [-0.2, -0.15) is 0 Å². The Bertz CT molecular complexity index is 542. The summed E-state index contributed by atoms with van der Waals surface area (Å²) in [5.41, 5.74) is 0.485. The monoisotopic (exact) mass is 292 g/mol. The van der Waals surface area contributed by atoms with Crippen LogP contribution in [0.3, 0.4) is 0 Å². The van der Waals surface area contributed by atoms with Crippen molar-refractivity contribution in [2.75, 3.05) is 11.2 Å². The first-order chi connectivity index (χ1) is 9.58. The Hall–Kier alpha value is -1.82. The van der Waals surface area contributed by atoms with Gasteiger partial charge in [0.1, 0.15) is 5.92 Å². The van der Waals surface area contributed by atoms with Gasteiger partial charge in [0.2, 0.25) is 11.8 Å².